The topological polar surface area (TPSA) is 123 Å². The Labute approximate surface area is 267 Å². The van der Waals surface area contributed by atoms with E-state index in [1.807, 2.05) is 0 Å². The maximum Gasteiger partial charge on any atom is 0.416 e. The number of hydrogen-bond acceptors (Lipinski definition) is 6. The van der Waals surface area contributed by atoms with E-state index < -0.39 is 39.2 Å². The van der Waals surface area contributed by atoms with Gasteiger partial charge in [-0.1, -0.05) is 35.3 Å². The Bertz CT molecular complexity index is 1840. The molecular weight excluding hydrogens is 654 g/mol. The number of halogens is 5. The fraction of sp³-hybridized carbons (Fsp3) is 0.267. The molecule has 0 saturated heterocycles. The van der Waals surface area contributed by atoms with Crippen LogP contribution in [0, 0.1) is 6.92 Å². The van der Waals surface area contributed by atoms with Crippen molar-refractivity contribution in [1.82, 2.24) is 24.8 Å². The zero-order chi connectivity index (χ0) is 33.1. The highest BCUT2D eigenvalue weighted by molar-refractivity contribution is 7.88. The standard InChI is InChI=1S/C30H28Cl2F3N5O4S/c1-17(2)38-29(42)24-12-21(31)11-18(3)23(24)14-27(41)26-13-22(39-40(26)28-25(32)5-4-10-36-28)15-37-45(43,44)16-19-6-8-20(9-7-19)30(33,34)35/h4-13,17,37H,14-16H2,1-3H3,(H,38,42). The zero-order valence-corrected chi connectivity index (χ0v) is 26.6. The maximum absolute atomic E-state index is 13.8. The Kier molecular flexibility index (Phi) is 10.4. The van der Waals surface area contributed by atoms with Gasteiger partial charge in [0.25, 0.3) is 5.91 Å². The quantitative estimate of drug-likeness (QED) is 0.185. The number of aryl methyl sites for hydroxylation is 1. The van der Waals surface area contributed by atoms with Crippen LogP contribution in [-0.4, -0.2) is 40.9 Å². The summed E-state index contributed by atoms with van der Waals surface area (Å²) >= 11 is 12.6. The summed E-state index contributed by atoms with van der Waals surface area (Å²) in [5, 5.41) is 7.68. The van der Waals surface area contributed by atoms with Gasteiger partial charge in [-0.3, -0.25) is 9.59 Å². The van der Waals surface area contributed by atoms with Crippen LogP contribution in [0.25, 0.3) is 5.82 Å². The lowest BCUT2D eigenvalue weighted by molar-refractivity contribution is -0.137. The van der Waals surface area contributed by atoms with Crippen LogP contribution in [0.4, 0.5) is 13.2 Å². The number of Topliss-reactive ketones (excluding diaryl/α,β-unsaturated/α-hetero) is 1. The lowest BCUT2D eigenvalue weighted by Crippen LogP contribution is -2.31. The molecule has 0 aliphatic heterocycles. The van der Waals surface area contributed by atoms with Gasteiger partial charge in [-0.05, 0) is 79.9 Å². The van der Waals surface area contributed by atoms with Crippen LogP contribution in [0.2, 0.25) is 10.0 Å². The van der Waals surface area contributed by atoms with Gasteiger partial charge in [-0.2, -0.15) is 18.3 Å². The van der Waals surface area contributed by atoms with Gasteiger partial charge in [-0.25, -0.2) is 22.8 Å². The number of rotatable bonds is 11. The molecule has 2 aromatic heterocycles. The fourth-order valence-electron chi connectivity index (χ4n) is 4.46. The molecule has 0 radical (unpaired) electrons. The third kappa shape index (κ3) is 8.69. The van der Waals surface area contributed by atoms with E-state index in [1.54, 1.807) is 39.0 Å². The molecule has 2 N–H and O–H groups in total. The molecule has 0 unspecified atom stereocenters. The molecule has 9 nitrogen and oxygen atoms in total. The van der Waals surface area contributed by atoms with Gasteiger partial charge >= 0.3 is 6.18 Å². The SMILES string of the molecule is Cc1cc(Cl)cc(C(=O)NC(C)C)c1CC(=O)c1cc(CNS(=O)(=O)Cc2ccc(C(F)(F)F)cc2)nn1-c1ncccc1Cl. The molecule has 0 aliphatic carbocycles. The van der Waals surface area contributed by atoms with Crippen molar-refractivity contribution in [3.8, 4) is 5.82 Å². The number of sulfonamides is 1. The molecule has 2 heterocycles. The van der Waals surface area contributed by atoms with Crippen LogP contribution in [0.1, 0.15) is 62.6 Å². The van der Waals surface area contributed by atoms with Gasteiger partial charge in [0, 0.05) is 29.2 Å². The number of pyridine rings is 1. The molecule has 4 rings (SSSR count). The monoisotopic (exact) mass is 681 g/mol. The maximum atomic E-state index is 13.8. The Morgan fingerprint density at radius 2 is 1.73 bits per heavy atom. The second-order valence-corrected chi connectivity index (χ2v) is 13.1. The van der Waals surface area contributed by atoms with Gasteiger partial charge in [0.05, 0.1) is 28.6 Å². The summed E-state index contributed by atoms with van der Waals surface area (Å²) in [6, 6.07) is 11.3. The number of hydrogen-bond donors (Lipinski definition) is 2. The molecule has 2 aromatic carbocycles. The summed E-state index contributed by atoms with van der Waals surface area (Å²) < 4.78 is 67.7. The number of nitrogens with zero attached hydrogens (tertiary/aromatic N) is 3. The third-order valence-corrected chi connectivity index (χ3v) is 8.35. The molecule has 0 fully saturated rings. The van der Waals surface area contributed by atoms with Gasteiger partial charge in [0.2, 0.25) is 10.0 Å². The predicted molar refractivity (Wildman–Crippen MR) is 164 cm³/mol. The van der Waals surface area contributed by atoms with E-state index in [0.717, 1.165) is 24.3 Å². The Morgan fingerprint density at radius 3 is 2.36 bits per heavy atom. The first-order valence-electron chi connectivity index (χ1n) is 13.5. The molecule has 0 spiro atoms. The lowest BCUT2D eigenvalue weighted by atomic mass is 9.95. The van der Waals surface area contributed by atoms with E-state index >= 15 is 0 Å². The van der Waals surface area contributed by atoms with E-state index in [-0.39, 0.29) is 52.4 Å². The van der Waals surface area contributed by atoms with Crippen LogP contribution in [0.3, 0.4) is 0 Å². The van der Waals surface area contributed by atoms with Crippen LogP contribution in [0.15, 0.2) is 60.8 Å². The number of carbonyl (C=O) groups is 2. The minimum absolute atomic E-state index is 0.0251. The van der Waals surface area contributed by atoms with E-state index in [2.05, 4.69) is 20.1 Å². The van der Waals surface area contributed by atoms with Crippen LogP contribution in [0.5, 0.6) is 0 Å². The minimum Gasteiger partial charge on any atom is -0.350 e. The first kappa shape index (κ1) is 34.1. The second kappa shape index (κ2) is 13.7. The highest BCUT2D eigenvalue weighted by Gasteiger charge is 2.30. The first-order chi connectivity index (χ1) is 21.0. The largest absolute Gasteiger partial charge is 0.416 e. The van der Waals surface area contributed by atoms with Crippen molar-refractivity contribution in [3.63, 3.8) is 0 Å². The summed E-state index contributed by atoms with van der Waals surface area (Å²) in [6.07, 6.45) is -3.32. The summed E-state index contributed by atoms with van der Waals surface area (Å²) in [4.78, 5) is 31.0. The average Bonchev–Trinajstić information content (AvgIpc) is 3.37. The molecule has 45 heavy (non-hydrogen) atoms. The molecule has 0 bridgehead atoms. The summed E-state index contributed by atoms with van der Waals surface area (Å²) in [5.74, 6) is -1.33. The molecule has 0 atom stereocenters. The van der Waals surface area contributed by atoms with E-state index in [0.29, 0.717) is 16.1 Å². The minimum atomic E-state index is -4.55. The van der Waals surface area contributed by atoms with Crippen LogP contribution in [-0.2, 0) is 34.9 Å². The third-order valence-electron chi connectivity index (χ3n) is 6.54. The van der Waals surface area contributed by atoms with Gasteiger partial charge in [-0.15, -0.1) is 0 Å². The first-order valence-corrected chi connectivity index (χ1v) is 15.9. The Hall–Kier alpha value is -3.78. The van der Waals surface area contributed by atoms with E-state index in [9.17, 15) is 31.2 Å². The van der Waals surface area contributed by atoms with Crippen molar-refractivity contribution >= 4 is 44.9 Å². The molecule has 1 amide bonds. The van der Waals surface area contributed by atoms with Crippen LogP contribution >= 0.6 is 23.2 Å². The Balaban J connectivity index is 1.62. The number of amides is 1. The molecule has 0 aliphatic rings. The van der Waals surface area contributed by atoms with Gasteiger partial charge in [0.1, 0.15) is 5.69 Å². The highest BCUT2D eigenvalue weighted by Crippen LogP contribution is 2.29. The number of benzene rings is 2. The summed E-state index contributed by atoms with van der Waals surface area (Å²) in [6.45, 7) is 4.98. The number of alkyl halides is 3. The predicted octanol–water partition coefficient (Wildman–Crippen LogP) is 6.08. The molecular formula is C30H28Cl2F3N5O4S. The smallest absolute Gasteiger partial charge is 0.350 e. The summed E-state index contributed by atoms with van der Waals surface area (Å²) in [7, 11) is -4.03. The zero-order valence-electron chi connectivity index (χ0n) is 24.2. The van der Waals surface area contributed by atoms with Crippen molar-refractivity contribution in [2.45, 2.75) is 51.7 Å². The average molecular weight is 683 g/mol. The molecule has 4 aromatic rings. The lowest BCUT2D eigenvalue weighted by Gasteiger charge is -2.15. The van der Waals surface area contributed by atoms with Gasteiger partial charge < -0.3 is 5.32 Å². The fourth-order valence-corrected chi connectivity index (χ4v) is 6.03. The van der Waals surface area contributed by atoms with Crippen molar-refractivity contribution in [1.29, 1.82) is 0 Å². The van der Waals surface area contributed by atoms with E-state index in [1.165, 1.54) is 23.0 Å². The highest BCUT2D eigenvalue weighted by atomic mass is 35.5. The number of aromatic nitrogens is 3. The van der Waals surface area contributed by atoms with Gasteiger partial charge in [0.15, 0.2) is 11.6 Å². The van der Waals surface area contributed by atoms with Crippen molar-refractivity contribution in [2.75, 3.05) is 0 Å². The molecule has 0 saturated carbocycles. The summed E-state index contributed by atoms with van der Waals surface area (Å²) in [5.41, 5.74) is 0.713. The molecule has 15 heteroatoms. The molecule has 238 valence electrons. The van der Waals surface area contributed by atoms with Crippen molar-refractivity contribution in [3.05, 3.63) is 110 Å². The number of ketones is 1. The number of carbonyl (C=O) groups excluding carboxylic acids is 2. The second-order valence-electron chi connectivity index (χ2n) is 10.5. The van der Waals surface area contributed by atoms with E-state index in [4.69, 9.17) is 23.2 Å². The Morgan fingerprint density at radius 1 is 1.04 bits per heavy atom. The normalized spacial score (nSPS) is 12.0. The van der Waals surface area contributed by atoms with Crippen LogP contribution < -0.4 is 10.0 Å². The van der Waals surface area contributed by atoms with Crippen molar-refractivity contribution in [2.24, 2.45) is 0 Å². The van der Waals surface area contributed by atoms with Crippen molar-refractivity contribution < 1.29 is 31.2 Å². The number of nitrogens with one attached hydrogen (secondary N) is 2.